The number of rotatable bonds is 5. The van der Waals surface area contributed by atoms with Gasteiger partial charge in [-0.2, -0.15) is 0 Å². The highest BCUT2D eigenvalue weighted by Gasteiger charge is 2.22. The third-order valence-electron chi connectivity index (χ3n) is 5.82. The molecule has 1 aliphatic rings. The van der Waals surface area contributed by atoms with Crippen molar-refractivity contribution in [3.63, 3.8) is 0 Å². The number of hydrogen-bond donors (Lipinski definition) is 2. The molecule has 1 aromatic carbocycles. The molecule has 0 bridgehead atoms. The van der Waals surface area contributed by atoms with Crippen LogP contribution in [0.5, 0.6) is 0 Å². The molecule has 10 heteroatoms. The van der Waals surface area contributed by atoms with Crippen LogP contribution in [0.2, 0.25) is 0 Å². The Bertz CT molecular complexity index is 1300. The molecule has 0 spiro atoms. The van der Waals surface area contributed by atoms with Crippen LogP contribution in [0.25, 0.3) is 28.2 Å². The number of nitrogens with zero attached hydrogens (tertiary/aromatic N) is 6. The summed E-state index contributed by atoms with van der Waals surface area (Å²) in [7, 11) is 0. The first-order chi connectivity index (χ1) is 16.0. The predicted molar refractivity (Wildman–Crippen MR) is 122 cm³/mol. The quantitative estimate of drug-likeness (QED) is 0.481. The highest BCUT2D eigenvalue weighted by Crippen LogP contribution is 2.34. The molecule has 1 aliphatic heterocycles. The van der Waals surface area contributed by atoms with Crippen molar-refractivity contribution < 1.29 is 13.9 Å². The number of β-amino-alcohol motifs (C(OH)–C–C–N with tert-alkyl or cyclic N) is 1. The fraction of sp³-hybridized carbons (Fsp3) is 0.261. The zero-order chi connectivity index (χ0) is 22.9. The van der Waals surface area contributed by atoms with E-state index in [-0.39, 0.29) is 6.61 Å². The van der Waals surface area contributed by atoms with E-state index in [1.807, 2.05) is 12.1 Å². The summed E-state index contributed by atoms with van der Waals surface area (Å²) in [6, 6.07) is 11.0. The molecule has 1 saturated heterocycles. The van der Waals surface area contributed by atoms with Crippen molar-refractivity contribution in [3.8, 4) is 22.5 Å². The molecule has 4 heterocycles. The maximum absolute atomic E-state index is 14.0. The number of fused-ring (bicyclic) bond motifs is 1. The molecule has 0 atom stereocenters. The number of aromatic nitrogens is 4. The van der Waals surface area contributed by atoms with Gasteiger partial charge in [0.15, 0.2) is 17.3 Å². The molecule has 0 radical (unpaired) electrons. The standard InChI is InChI=1S/C23H23F2N7O/c24-17-2-1-15(13-18(17)25)22-23(16-5-6-27-19(26)14-16)32-20(28-22)3-4-21(29-32)31-9-7-30(8-10-31)11-12-33/h1-6,13-14,33H,7-12H2,(H2,26,27). The van der Waals surface area contributed by atoms with Gasteiger partial charge in [-0.05, 0) is 42.5 Å². The number of benzene rings is 1. The Morgan fingerprint density at radius 1 is 0.939 bits per heavy atom. The average Bonchev–Trinajstić information content (AvgIpc) is 3.20. The van der Waals surface area contributed by atoms with Crippen molar-refractivity contribution in [1.29, 1.82) is 0 Å². The summed E-state index contributed by atoms with van der Waals surface area (Å²) in [6.45, 7) is 4.02. The van der Waals surface area contributed by atoms with Crippen molar-refractivity contribution >= 4 is 17.3 Å². The number of pyridine rings is 1. The molecule has 8 nitrogen and oxygen atoms in total. The molecule has 0 amide bonds. The Labute approximate surface area is 188 Å². The van der Waals surface area contributed by atoms with Gasteiger partial charge in [0.2, 0.25) is 0 Å². The molecule has 33 heavy (non-hydrogen) atoms. The average molecular weight is 451 g/mol. The SMILES string of the molecule is Nc1cc(-c2c(-c3ccc(F)c(F)c3)nc3ccc(N4CCN(CCO)CC4)nn23)ccn1. The van der Waals surface area contributed by atoms with E-state index >= 15 is 0 Å². The molecule has 3 N–H and O–H groups in total. The zero-order valence-electron chi connectivity index (χ0n) is 17.8. The number of piperazine rings is 1. The maximum Gasteiger partial charge on any atom is 0.159 e. The van der Waals surface area contributed by atoms with Crippen molar-refractivity contribution in [3.05, 3.63) is 60.3 Å². The van der Waals surface area contributed by atoms with E-state index in [1.54, 1.807) is 22.8 Å². The van der Waals surface area contributed by atoms with Gasteiger partial charge in [0.1, 0.15) is 17.3 Å². The Hall–Kier alpha value is -3.63. The largest absolute Gasteiger partial charge is 0.395 e. The number of halogens is 2. The maximum atomic E-state index is 14.0. The van der Waals surface area contributed by atoms with Crippen LogP contribution in [0.4, 0.5) is 20.4 Å². The van der Waals surface area contributed by atoms with Gasteiger partial charge < -0.3 is 15.7 Å². The Kier molecular flexibility index (Phi) is 5.61. The molecule has 0 aliphatic carbocycles. The van der Waals surface area contributed by atoms with Crippen molar-refractivity contribution in [1.82, 2.24) is 24.5 Å². The van der Waals surface area contributed by atoms with E-state index in [0.717, 1.165) is 44.1 Å². The van der Waals surface area contributed by atoms with Gasteiger partial charge in [-0.15, -0.1) is 5.10 Å². The van der Waals surface area contributed by atoms with Gasteiger partial charge in [-0.25, -0.2) is 23.3 Å². The van der Waals surface area contributed by atoms with Gasteiger partial charge in [0.25, 0.3) is 0 Å². The van der Waals surface area contributed by atoms with Gasteiger partial charge >= 0.3 is 0 Å². The van der Waals surface area contributed by atoms with E-state index < -0.39 is 11.6 Å². The minimum absolute atomic E-state index is 0.143. The number of anilines is 2. The van der Waals surface area contributed by atoms with E-state index in [0.29, 0.717) is 40.5 Å². The molecule has 170 valence electrons. The minimum Gasteiger partial charge on any atom is -0.395 e. The van der Waals surface area contributed by atoms with Crippen molar-refractivity contribution in [2.45, 2.75) is 0 Å². The molecular weight excluding hydrogens is 428 g/mol. The van der Waals surface area contributed by atoms with Gasteiger partial charge in [0, 0.05) is 50.0 Å². The minimum atomic E-state index is -0.945. The second-order valence-electron chi connectivity index (χ2n) is 7.92. The van der Waals surface area contributed by atoms with Crippen LogP contribution in [-0.2, 0) is 0 Å². The van der Waals surface area contributed by atoms with Crippen LogP contribution < -0.4 is 10.6 Å². The number of nitrogens with two attached hydrogens (primary N) is 1. The first kappa shape index (κ1) is 21.2. The van der Waals surface area contributed by atoms with E-state index in [4.69, 9.17) is 10.8 Å². The molecule has 0 saturated carbocycles. The van der Waals surface area contributed by atoms with Crippen LogP contribution in [-0.4, -0.2) is 68.9 Å². The zero-order valence-corrected chi connectivity index (χ0v) is 17.8. The van der Waals surface area contributed by atoms with Crippen LogP contribution in [0.3, 0.4) is 0 Å². The summed E-state index contributed by atoms with van der Waals surface area (Å²) in [5, 5.41) is 14.0. The van der Waals surface area contributed by atoms with Crippen LogP contribution in [0.15, 0.2) is 48.7 Å². The lowest BCUT2D eigenvalue weighted by atomic mass is 10.1. The number of aliphatic hydroxyl groups excluding tert-OH is 1. The highest BCUT2D eigenvalue weighted by molar-refractivity contribution is 5.82. The fourth-order valence-corrected chi connectivity index (χ4v) is 4.13. The Morgan fingerprint density at radius 3 is 2.48 bits per heavy atom. The summed E-state index contributed by atoms with van der Waals surface area (Å²) >= 11 is 0. The monoisotopic (exact) mass is 451 g/mol. The fourth-order valence-electron chi connectivity index (χ4n) is 4.13. The first-order valence-electron chi connectivity index (χ1n) is 10.7. The predicted octanol–water partition coefficient (Wildman–Crippen LogP) is 2.43. The highest BCUT2D eigenvalue weighted by atomic mass is 19.2. The summed E-state index contributed by atoms with van der Waals surface area (Å²) in [6.07, 6.45) is 1.59. The summed E-state index contributed by atoms with van der Waals surface area (Å²) in [5.41, 5.74) is 8.73. The smallest absolute Gasteiger partial charge is 0.159 e. The van der Waals surface area contributed by atoms with Gasteiger partial charge in [-0.1, -0.05) is 0 Å². The third-order valence-corrected chi connectivity index (χ3v) is 5.82. The summed E-state index contributed by atoms with van der Waals surface area (Å²) in [5.74, 6) is -0.754. The third kappa shape index (κ3) is 4.10. The summed E-state index contributed by atoms with van der Waals surface area (Å²) < 4.78 is 29.3. The topological polar surface area (TPSA) is 95.8 Å². The number of hydrogen-bond acceptors (Lipinski definition) is 7. The molecule has 4 aromatic rings. The van der Waals surface area contributed by atoms with Crippen LogP contribution >= 0.6 is 0 Å². The van der Waals surface area contributed by atoms with E-state index in [9.17, 15) is 13.9 Å². The Morgan fingerprint density at radius 2 is 1.76 bits per heavy atom. The second-order valence-corrected chi connectivity index (χ2v) is 7.92. The van der Waals surface area contributed by atoms with E-state index in [2.05, 4.69) is 19.8 Å². The molecule has 0 unspecified atom stereocenters. The molecular formula is C23H23F2N7O. The summed E-state index contributed by atoms with van der Waals surface area (Å²) in [4.78, 5) is 13.1. The number of nitrogen functional groups attached to an aromatic ring is 1. The number of aliphatic hydroxyl groups is 1. The van der Waals surface area contributed by atoms with Crippen molar-refractivity contribution in [2.75, 3.05) is 50.0 Å². The lowest BCUT2D eigenvalue weighted by Gasteiger charge is -2.34. The van der Waals surface area contributed by atoms with Crippen molar-refractivity contribution in [2.24, 2.45) is 0 Å². The van der Waals surface area contributed by atoms with Crippen LogP contribution in [0.1, 0.15) is 0 Å². The van der Waals surface area contributed by atoms with Gasteiger partial charge in [0.05, 0.1) is 12.3 Å². The van der Waals surface area contributed by atoms with E-state index in [1.165, 1.54) is 6.07 Å². The molecule has 1 fully saturated rings. The Balaban J connectivity index is 1.62. The first-order valence-corrected chi connectivity index (χ1v) is 10.7. The normalized spacial score (nSPS) is 14.8. The molecule has 3 aromatic heterocycles. The second kappa shape index (κ2) is 8.72. The lowest BCUT2D eigenvalue weighted by Crippen LogP contribution is -2.47. The molecule has 5 rings (SSSR count). The number of imidazole rings is 1. The van der Waals surface area contributed by atoms with Crippen LogP contribution in [0, 0.1) is 11.6 Å². The lowest BCUT2D eigenvalue weighted by molar-refractivity contribution is 0.188. The van der Waals surface area contributed by atoms with Gasteiger partial charge in [-0.3, -0.25) is 4.90 Å².